The molecular formula is C16H21N3OS. The van der Waals surface area contributed by atoms with Gasteiger partial charge in [0.05, 0.1) is 17.9 Å². The minimum absolute atomic E-state index is 0.0330. The maximum Gasteiger partial charge on any atom is 0.238 e. The summed E-state index contributed by atoms with van der Waals surface area (Å²) in [5.74, 6) is -0.0330. The lowest BCUT2D eigenvalue weighted by atomic mass is 10.1. The van der Waals surface area contributed by atoms with Crippen LogP contribution in [0.3, 0.4) is 0 Å². The van der Waals surface area contributed by atoms with Gasteiger partial charge in [-0.05, 0) is 36.5 Å². The molecule has 1 amide bonds. The third-order valence-corrected chi connectivity index (χ3v) is 4.20. The number of thiophene rings is 1. The zero-order valence-corrected chi connectivity index (χ0v) is 13.2. The first-order valence-corrected chi connectivity index (χ1v) is 7.87. The van der Waals surface area contributed by atoms with Crippen molar-refractivity contribution >= 4 is 28.6 Å². The molecule has 1 aromatic heterocycles. The average Bonchev–Trinajstić information content (AvgIpc) is 2.95. The highest BCUT2D eigenvalue weighted by atomic mass is 32.1. The molecular weight excluding hydrogens is 282 g/mol. The SMILES string of the molecule is CCN(CC(=O)Nc1c(C)cccc1N)Cc1cccs1. The van der Waals surface area contributed by atoms with Gasteiger partial charge >= 0.3 is 0 Å². The number of hydrogen-bond donors (Lipinski definition) is 2. The fourth-order valence-corrected chi connectivity index (χ4v) is 2.89. The maximum absolute atomic E-state index is 12.2. The second kappa shape index (κ2) is 7.24. The van der Waals surface area contributed by atoms with E-state index in [1.807, 2.05) is 25.1 Å². The molecule has 0 fully saturated rings. The van der Waals surface area contributed by atoms with Gasteiger partial charge in [-0.1, -0.05) is 25.1 Å². The highest BCUT2D eigenvalue weighted by Crippen LogP contribution is 2.22. The fraction of sp³-hybridized carbons (Fsp3) is 0.312. The molecule has 0 aliphatic heterocycles. The number of aryl methyl sites for hydroxylation is 1. The van der Waals surface area contributed by atoms with E-state index < -0.39 is 0 Å². The van der Waals surface area contributed by atoms with E-state index in [0.29, 0.717) is 12.2 Å². The molecule has 0 unspecified atom stereocenters. The molecule has 112 valence electrons. The van der Waals surface area contributed by atoms with E-state index in [1.54, 1.807) is 17.4 Å². The topological polar surface area (TPSA) is 58.4 Å². The van der Waals surface area contributed by atoms with Crippen molar-refractivity contribution in [3.8, 4) is 0 Å². The molecule has 1 aromatic carbocycles. The van der Waals surface area contributed by atoms with E-state index in [-0.39, 0.29) is 5.91 Å². The summed E-state index contributed by atoms with van der Waals surface area (Å²) in [5, 5.41) is 4.97. The molecule has 2 aromatic rings. The Hall–Kier alpha value is -1.85. The number of nitrogens with one attached hydrogen (secondary N) is 1. The predicted octanol–water partition coefficient (Wildman–Crippen LogP) is 3.10. The molecule has 21 heavy (non-hydrogen) atoms. The number of likely N-dealkylation sites (N-methyl/N-ethyl adjacent to an activating group) is 1. The van der Waals surface area contributed by atoms with Crippen molar-refractivity contribution in [3.05, 3.63) is 46.2 Å². The van der Waals surface area contributed by atoms with Gasteiger partial charge in [0.15, 0.2) is 0 Å². The minimum Gasteiger partial charge on any atom is -0.397 e. The van der Waals surface area contributed by atoms with Gasteiger partial charge in [-0.2, -0.15) is 0 Å². The van der Waals surface area contributed by atoms with Crippen molar-refractivity contribution in [2.45, 2.75) is 20.4 Å². The monoisotopic (exact) mass is 303 g/mol. The Kier molecular flexibility index (Phi) is 5.36. The molecule has 0 aliphatic rings. The first-order chi connectivity index (χ1) is 10.1. The molecule has 0 spiro atoms. The third-order valence-electron chi connectivity index (χ3n) is 3.34. The van der Waals surface area contributed by atoms with Crippen LogP contribution in [0.2, 0.25) is 0 Å². The molecule has 1 heterocycles. The van der Waals surface area contributed by atoms with Gasteiger partial charge in [0, 0.05) is 11.4 Å². The molecule has 4 nitrogen and oxygen atoms in total. The van der Waals surface area contributed by atoms with Crippen LogP contribution in [0.5, 0.6) is 0 Å². The van der Waals surface area contributed by atoms with Crippen molar-refractivity contribution in [1.82, 2.24) is 4.90 Å². The molecule has 0 radical (unpaired) electrons. The van der Waals surface area contributed by atoms with Crippen LogP contribution in [0.1, 0.15) is 17.4 Å². The van der Waals surface area contributed by atoms with Gasteiger partial charge in [0.2, 0.25) is 5.91 Å². The van der Waals surface area contributed by atoms with E-state index in [9.17, 15) is 4.79 Å². The van der Waals surface area contributed by atoms with Gasteiger partial charge in [-0.3, -0.25) is 9.69 Å². The van der Waals surface area contributed by atoms with Crippen molar-refractivity contribution < 1.29 is 4.79 Å². The number of nitrogens with two attached hydrogens (primary N) is 1. The second-order valence-corrected chi connectivity index (χ2v) is 6.00. The normalized spacial score (nSPS) is 10.8. The van der Waals surface area contributed by atoms with Crippen LogP contribution in [0.4, 0.5) is 11.4 Å². The first kappa shape index (κ1) is 15.5. The van der Waals surface area contributed by atoms with E-state index in [4.69, 9.17) is 5.73 Å². The molecule has 2 rings (SSSR count). The Bertz CT molecular complexity index is 575. The van der Waals surface area contributed by atoms with Gasteiger partial charge < -0.3 is 11.1 Å². The Morgan fingerprint density at radius 3 is 2.76 bits per heavy atom. The Labute approximate surface area is 129 Å². The molecule has 0 bridgehead atoms. The fourth-order valence-electron chi connectivity index (χ4n) is 2.15. The van der Waals surface area contributed by atoms with Crippen molar-refractivity contribution in [1.29, 1.82) is 0 Å². The molecule has 0 saturated heterocycles. The number of carbonyl (C=O) groups is 1. The van der Waals surface area contributed by atoms with Crippen LogP contribution in [-0.4, -0.2) is 23.9 Å². The van der Waals surface area contributed by atoms with E-state index in [2.05, 4.69) is 28.6 Å². The Morgan fingerprint density at radius 1 is 1.33 bits per heavy atom. The molecule has 0 saturated carbocycles. The predicted molar refractivity (Wildman–Crippen MR) is 89.5 cm³/mol. The number of nitrogen functional groups attached to an aromatic ring is 1. The number of benzene rings is 1. The standard InChI is InChI=1S/C16H21N3OS/c1-3-19(10-13-7-5-9-21-13)11-15(20)18-16-12(2)6-4-8-14(16)17/h4-9H,3,10-11,17H2,1-2H3,(H,18,20). The van der Waals surface area contributed by atoms with Crippen LogP contribution < -0.4 is 11.1 Å². The lowest BCUT2D eigenvalue weighted by molar-refractivity contribution is -0.117. The zero-order valence-electron chi connectivity index (χ0n) is 12.4. The first-order valence-electron chi connectivity index (χ1n) is 6.99. The molecule has 3 N–H and O–H groups in total. The van der Waals surface area contributed by atoms with Gasteiger partial charge in [0.25, 0.3) is 0 Å². The summed E-state index contributed by atoms with van der Waals surface area (Å²) in [4.78, 5) is 15.6. The van der Waals surface area contributed by atoms with Crippen LogP contribution in [0.15, 0.2) is 35.7 Å². The summed E-state index contributed by atoms with van der Waals surface area (Å²) < 4.78 is 0. The summed E-state index contributed by atoms with van der Waals surface area (Å²) in [5.41, 5.74) is 8.21. The highest BCUT2D eigenvalue weighted by Gasteiger charge is 2.12. The van der Waals surface area contributed by atoms with Gasteiger partial charge in [-0.15, -0.1) is 11.3 Å². The number of hydrogen-bond acceptors (Lipinski definition) is 4. The number of nitrogens with zero attached hydrogens (tertiary/aromatic N) is 1. The van der Waals surface area contributed by atoms with E-state index in [0.717, 1.165) is 24.3 Å². The van der Waals surface area contributed by atoms with E-state index >= 15 is 0 Å². The van der Waals surface area contributed by atoms with Crippen LogP contribution in [-0.2, 0) is 11.3 Å². The van der Waals surface area contributed by atoms with Gasteiger partial charge in [-0.25, -0.2) is 0 Å². The quantitative estimate of drug-likeness (QED) is 0.806. The largest absolute Gasteiger partial charge is 0.397 e. The minimum atomic E-state index is -0.0330. The average molecular weight is 303 g/mol. The smallest absolute Gasteiger partial charge is 0.238 e. The van der Waals surface area contributed by atoms with Crippen LogP contribution in [0, 0.1) is 6.92 Å². The summed E-state index contributed by atoms with van der Waals surface area (Å²) >= 11 is 1.71. The maximum atomic E-state index is 12.2. The Balaban J connectivity index is 1.97. The van der Waals surface area contributed by atoms with E-state index in [1.165, 1.54) is 4.88 Å². The van der Waals surface area contributed by atoms with Crippen molar-refractivity contribution in [2.75, 3.05) is 24.1 Å². The van der Waals surface area contributed by atoms with Crippen LogP contribution in [0.25, 0.3) is 0 Å². The van der Waals surface area contributed by atoms with Crippen molar-refractivity contribution in [3.63, 3.8) is 0 Å². The lowest BCUT2D eigenvalue weighted by Gasteiger charge is -2.19. The van der Waals surface area contributed by atoms with Crippen molar-refractivity contribution in [2.24, 2.45) is 0 Å². The second-order valence-electron chi connectivity index (χ2n) is 4.97. The number of carbonyl (C=O) groups excluding carboxylic acids is 1. The van der Waals surface area contributed by atoms with Crippen LogP contribution >= 0.6 is 11.3 Å². The molecule has 0 atom stereocenters. The summed E-state index contributed by atoms with van der Waals surface area (Å²) in [6.45, 7) is 5.99. The highest BCUT2D eigenvalue weighted by molar-refractivity contribution is 7.09. The molecule has 0 aliphatic carbocycles. The summed E-state index contributed by atoms with van der Waals surface area (Å²) in [6.07, 6.45) is 0. The number of anilines is 2. The zero-order chi connectivity index (χ0) is 15.2. The number of amides is 1. The van der Waals surface area contributed by atoms with Gasteiger partial charge in [0.1, 0.15) is 0 Å². The Morgan fingerprint density at radius 2 is 2.14 bits per heavy atom. The molecule has 5 heteroatoms. The summed E-state index contributed by atoms with van der Waals surface area (Å²) in [7, 11) is 0. The number of rotatable bonds is 6. The third kappa shape index (κ3) is 4.31. The summed E-state index contributed by atoms with van der Waals surface area (Å²) in [6, 6.07) is 9.74. The lowest BCUT2D eigenvalue weighted by Crippen LogP contribution is -2.32. The number of para-hydroxylation sites is 1.